The smallest absolute Gasteiger partial charge is 0.293 e. The Kier molecular flexibility index (Phi) is 8.56. The van der Waals surface area contributed by atoms with Crippen molar-refractivity contribution in [1.29, 1.82) is 0 Å². The van der Waals surface area contributed by atoms with Crippen LogP contribution in [-0.4, -0.2) is 54.5 Å². The molecule has 0 aromatic heterocycles. The van der Waals surface area contributed by atoms with Gasteiger partial charge in [0.1, 0.15) is 0 Å². The van der Waals surface area contributed by atoms with Crippen molar-refractivity contribution >= 4 is 62.2 Å². The molecule has 0 unspecified atom stereocenters. The fraction of sp³-hybridized carbons (Fsp3) is 0.353. The molecule has 26 heavy (non-hydrogen) atoms. The van der Waals surface area contributed by atoms with E-state index in [2.05, 4.69) is 26.6 Å². The molecule has 0 atom stereocenters. The molecule has 0 radical (unpaired) electrons. The lowest BCUT2D eigenvalue weighted by molar-refractivity contribution is -0.122. The van der Waals surface area contributed by atoms with Crippen molar-refractivity contribution in [3.05, 3.63) is 39.2 Å². The Hall–Kier alpha value is -1.42. The maximum absolute atomic E-state index is 12.4. The quantitative estimate of drug-likeness (QED) is 0.353. The number of thioether (sulfide) groups is 1. The lowest BCUT2D eigenvalue weighted by Gasteiger charge is -2.14. The van der Waals surface area contributed by atoms with E-state index >= 15 is 0 Å². The number of carbonyl (C=O) groups is 2. The van der Waals surface area contributed by atoms with Crippen LogP contribution in [0.25, 0.3) is 6.08 Å². The molecule has 0 spiro atoms. The van der Waals surface area contributed by atoms with Gasteiger partial charge in [-0.05, 0) is 54.2 Å². The van der Waals surface area contributed by atoms with E-state index in [1.54, 1.807) is 13.2 Å². The van der Waals surface area contributed by atoms with E-state index in [1.165, 1.54) is 4.90 Å². The van der Waals surface area contributed by atoms with E-state index in [4.69, 9.17) is 17.0 Å². The Labute approximate surface area is 170 Å². The number of hydrogen-bond donors (Lipinski definition) is 2. The predicted molar refractivity (Wildman–Crippen MR) is 112 cm³/mol. The fourth-order valence-corrected chi connectivity index (χ4v) is 3.69. The van der Waals surface area contributed by atoms with Gasteiger partial charge in [-0.15, -0.1) is 0 Å². The Morgan fingerprint density at radius 1 is 1.35 bits per heavy atom. The molecule has 2 amide bonds. The number of nitrogens with one attached hydrogen (secondary N) is 2. The normalized spacial score (nSPS) is 15.6. The van der Waals surface area contributed by atoms with E-state index in [0.29, 0.717) is 29.7 Å². The number of thiocarbonyl (C=S) groups is 1. The van der Waals surface area contributed by atoms with E-state index in [1.807, 2.05) is 24.3 Å². The SMILES string of the molecule is COCCCNC(=S)NCCN1C(=O)S/C(=C/c2cccc(Br)c2)C1=O. The van der Waals surface area contributed by atoms with Gasteiger partial charge in [-0.2, -0.15) is 0 Å². The summed E-state index contributed by atoms with van der Waals surface area (Å²) in [6, 6.07) is 7.56. The highest BCUT2D eigenvalue weighted by molar-refractivity contribution is 9.10. The standard InChI is InChI=1S/C17H20BrN3O3S2/c1-24-9-3-6-19-16(25)20-7-8-21-15(22)14(26-17(21)23)11-12-4-2-5-13(18)10-12/h2,4-5,10-11H,3,6-9H2,1H3,(H2,19,20,25)/b14-11+. The number of imide groups is 1. The number of ether oxygens (including phenoxy) is 1. The minimum atomic E-state index is -0.277. The van der Waals surface area contributed by atoms with Gasteiger partial charge in [0.15, 0.2) is 5.11 Å². The molecule has 0 aliphatic carbocycles. The molecule has 1 heterocycles. The van der Waals surface area contributed by atoms with Crippen molar-refractivity contribution < 1.29 is 14.3 Å². The van der Waals surface area contributed by atoms with Crippen molar-refractivity contribution in [3.8, 4) is 0 Å². The number of rotatable bonds is 8. The van der Waals surface area contributed by atoms with Crippen molar-refractivity contribution in [2.45, 2.75) is 6.42 Å². The van der Waals surface area contributed by atoms with Crippen LogP contribution in [-0.2, 0) is 9.53 Å². The van der Waals surface area contributed by atoms with Gasteiger partial charge in [0.25, 0.3) is 11.1 Å². The van der Waals surface area contributed by atoms with E-state index in [0.717, 1.165) is 28.2 Å². The highest BCUT2D eigenvalue weighted by Gasteiger charge is 2.34. The summed E-state index contributed by atoms with van der Waals surface area (Å²) in [5.74, 6) is -0.277. The molecular formula is C17H20BrN3O3S2. The topological polar surface area (TPSA) is 70.7 Å². The highest BCUT2D eigenvalue weighted by atomic mass is 79.9. The summed E-state index contributed by atoms with van der Waals surface area (Å²) in [6.07, 6.45) is 2.58. The molecule has 1 fully saturated rings. The molecule has 140 valence electrons. The average Bonchev–Trinajstić information content (AvgIpc) is 2.86. The number of benzene rings is 1. The first-order chi connectivity index (χ1) is 12.5. The Morgan fingerprint density at radius 2 is 2.12 bits per heavy atom. The third-order valence-electron chi connectivity index (χ3n) is 3.45. The van der Waals surface area contributed by atoms with Crippen LogP contribution in [0.2, 0.25) is 0 Å². The van der Waals surface area contributed by atoms with Crippen molar-refractivity contribution in [2.75, 3.05) is 33.4 Å². The molecule has 0 bridgehead atoms. The van der Waals surface area contributed by atoms with Gasteiger partial charge in [0, 0.05) is 37.8 Å². The summed E-state index contributed by atoms with van der Waals surface area (Å²) in [4.78, 5) is 26.2. The number of nitrogens with zero attached hydrogens (tertiary/aromatic N) is 1. The molecule has 1 saturated heterocycles. The van der Waals surface area contributed by atoms with Gasteiger partial charge in [0.2, 0.25) is 0 Å². The first-order valence-corrected chi connectivity index (χ1v) is 10.0. The van der Waals surface area contributed by atoms with Gasteiger partial charge >= 0.3 is 0 Å². The van der Waals surface area contributed by atoms with Gasteiger partial charge in [-0.25, -0.2) is 0 Å². The number of amides is 2. The average molecular weight is 458 g/mol. The molecule has 2 N–H and O–H groups in total. The summed E-state index contributed by atoms with van der Waals surface area (Å²) >= 11 is 9.50. The molecular weight excluding hydrogens is 438 g/mol. The first-order valence-electron chi connectivity index (χ1n) is 8.03. The molecule has 6 nitrogen and oxygen atoms in total. The van der Waals surface area contributed by atoms with Crippen LogP contribution in [0.3, 0.4) is 0 Å². The van der Waals surface area contributed by atoms with Crippen LogP contribution in [0, 0.1) is 0 Å². The second-order valence-corrected chi connectivity index (χ2v) is 7.73. The minimum Gasteiger partial charge on any atom is -0.385 e. The van der Waals surface area contributed by atoms with Crippen molar-refractivity contribution in [1.82, 2.24) is 15.5 Å². The lowest BCUT2D eigenvalue weighted by atomic mass is 10.2. The number of methoxy groups -OCH3 is 1. The largest absolute Gasteiger partial charge is 0.385 e. The Balaban J connectivity index is 1.82. The van der Waals surface area contributed by atoms with Crippen LogP contribution in [0.1, 0.15) is 12.0 Å². The summed E-state index contributed by atoms with van der Waals surface area (Å²) in [7, 11) is 1.65. The monoisotopic (exact) mass is 457 g/mol. The van der Waals surface area contributed by atoms with Crippen molar-refractivity contribution in [3.63, 3.8) is 0 Å². The number of carbonyl (C=O) groups excluding carboxylic acids is 2. The van der Waals surface area contributed by atoms with Crippen LogP contribution < -0.4 is 10.6 Å². The lowest BCUT2D eigenvalue weighted by Crippen LogP contribution is -2.41. The maximum atomic E-state index is 12.4. The van der Waals surface area contributed by atoms with Gasteiger partial charge < -0.3 is 15.4 Å². The summed E-state index contributed by atoms with van der Waals surface area (Å²) < 4.78 is 5.88. The summed E-state index contributed by atoms with van der Waals surface area (Å²) in [5.41, 5.74) is 0.865. The van der Waals surface area contributed by atoms with Crippen LogP contribution >= 0.6 is 39.9 Å². The first kappa shape index (κ1) is 20.9. The Morgan fingerprint density at radius 3 is 2.85 bits per heavy atom. The van der Waals surface area contributed by atoms with E-state index in [9.17, 15) is 9.59 Å². The molecule has 1 aromatic rings. The zero-order chi connectivity index (χ0) is 18.9. The second-order valence-electron chi connectivity index (χ2n) is 5.42. The zero-order valence-electron chi connectivity index (χ0n) is 14.3. The van der Waals surface area contributed by atoms with Gasteiger partial charge in [0.05, 0.1) is 4.91 Å². The highest BCUT2D eigenvalue weighted by Crippen LogP contribution is 2.32. The van der Waals surface area contributed by atoms with E-state index < -0.39 is 0 Å². The third kappa shape index (κ3) is 6.39. The van der Waals surface area contributed by atoms with Gasteiger partial charge in [-0.3, -0.25) is 14.5 Å². The van der Waals surface area contributed by atoms with Gasteiger partial charge in [-0.1, -0.05) is 28.1 Å². The van der Waals surface area contributed by atoms with Crippen molar-refractivity contribution in [2.24, 2.45) is 0 Å². The van der Waals surface area contributed by atoms with Crippen LogP contribution in [0.5, 0.6) is 0 Å². The summed E-state index contributed by atoms with van der Waals surface area (Å²) in [6.45, 7) is 2.03. The molecule has 1 aliphatic rings. The van der Waals surface area contributed by atoms with E-state index in [-0.39, 0.29) is 17.7 Å². The zero-order valence-corrected chi connectivity index (χ0v) is 17.5. The molecule has 1 aliphatic heterocycles. The summed E-state index contributed by atoms with van der Waals surface area (Å²) in [5, 5.41) is 6.27. The number of hydrogen-bond acceptors (Lipinski definition) is 5. The molecule has 1 aromatic carbocycles. The molecule has 9 heteroatoms. The Bertz CT molecular complexity index is 712. The fourth-order valence-electron chi connectivity index (χ4n) is 2.20. The predicted octanol–water partition coefficient (Wildman–Crippen LogP) is 2.99. The third-order valence-corrected chi connectivity index (χ3v) is 5.14. The molecule has 0 saturated carbocycles. The maximum Gasteiger partial charge on any atom is 0.293 e. The van der Waals surface area contributed by atoms with Crippen LogP contribution in [0.15, 0.2) is 33.6 Å². The molecule has 2 rings (SSSR count). The second kappa shape index (κ2) is 10.7. The minimum absolute atomic E-state index is 0.264. The number of halogens is 1. The van der Waals surface area contributed by atoms with Crippen LogP contribution in [0.4, 0.5) is 4.79 Å².